The first kappa shape index (κ1) is 8.94. The minimum Gasteiger partial charge on any atom is -0.375 e. The van der Waals surface area contributed by atoms with Crippen molar-refractivity contribution in [2.75, 3.05) is 0 Å². The van der Waals surface area contributed by atoms with Gasteiger partial charge >= 0.3 is 0 Å². The zero-order valence-corrected chi connectivity index (χ0v) is 8.49. The normalized spacial score (nSPS) is 27.5. The van der Waals surface area contributed by atoms with Crippen molar-refractivity contribution in [1.29, 1.82) is 0 Å². The first-order valence-electron chi connectivity index (χ1n) is 4.85. The number of rotatable bonds is 1. The maximum atomic E-state index is 5.33. The van der Waals surface area contributed by atoms with Gasteiger partial charge in [-0.25, -0.2) is 0 Å². The highest BCUT2D eigenvalue weighted by Gasteiger charge is 2.44. The van der Waals surface area contributed by atoms with E-state index in [1.54, 1.807) is 0 Å². The fraction of sp³-hybridized carbons (Fsp3) is 0.778. The van der Waals surface area contributed by atoms with Crippen LogP contribution in [0.4, 0.5) is 0 Å². The number of hydrogen-bond donors (Lipinski definition) is 2. The Morgan fingerprint density at radius 1 is 1.38 bits per heavy atom. The lowest BCUT2D eigenvalue weighted by Gasteiger charge is -2.38. The Balaban J connectivity index is 2.05. The molecule has 2 aliphatic rings. The van der Waals surface area contributed by atoms with Crippen LogP contribution in [-0.4, -0.2) is 10.8 Å². The van der Waals surface area contributed by atoms with Crippen LogP contribution in [-0.2, 0) is 0 Å². The Hall–Kier alpha value is -0.640. The predicted octanol–water partition coefficient (Wildman–Crippen LogP) is 1.53. The van der Waals surface area contributed by atoms with Crippen LogP contribution < -0.4 is 11.2 Å². The molecule has 2 saturated carbocycles. The van der Waals surface area contributed by atoms with Crippen LogP contribution in [0.15, 0.2) is 5.10 Å². The molecule has 3 N–H and O–H groups in total. The van der Waals surface area contributed by atoms with E-state index in [2.05, 4.69) is 10.5 Å². The van der Waals surface area contributed by atoms with Gasteiger partial charge in [-0.2, -0.15) is 5.10 Å². The molecule has 0 heterocycles. The van der Waals surface area contributed by atoms with Crippen LogP contribution >= 0.6 is 12.2 Å². The molecule has 3 nitrogen and oxygen atoms in total. The molecule has 0 aliphatic heterocycles. The maximum Gasteiger partial charge on any atom is 0.184 e. The van der Waals surface area contributed by atoms with E-state index in [1.807, 2.05) is 0 Å². The van der Waals surface area contributed by atoms with Gasteiger partial charge < -0.3 is 5.73 Å². The third-order valence-corrected chi connectivity index (χ3v) is 3.38. The number of nitrogens with one attached hydrogen (secondary N) is 1. The molecule has 0 aromatic heterocycles. The molecule has 2 fully saturated rings. The Labute approximate surface area is 83.8 Å². The SMILES string of the molecule is NC(=S)N/N=C1/CCCC12CCC2. The molecular weight excluding hydrogens is 182 g/mol. The fourth-order valence-corrected chi connectivity index (χ4v) is 2.49. The van der Waals surface area contributed by atoms with Gasteiger partial charge in [-0.15, -0.1) is 0 Å². The van der Waals surface area contributed by atoms with Gasteiger partial charge in [-0.3, -0.25) is 5.43 Å². The number of thiocarbonyl (C=S) groups is 1. The molecule has 1 spiro atoms. The smallest absolute Gasteiger partial charge is 0.184 e. The highest BCUT2D eigenvalue weighted by atomic mass is 32.1. The zero-order chi connectivity index (χ0) is 9.31. The third kappa shape index (κ3) is 1.55. The summed E-state index contributed by atoms with van der Waals surface area (Å²) in [4.78, 5) is 0. The molecule has 0 saturated heterocycles. The van der Waals surface area contributed by atoms with Crippen molar-refractivity contribution >= 4 is 23.0 Å². The quantitative estimate of drug-likeness (QED) is 0.495. The topological polar surface area (TPSA) is 50.4 Å². The van der Waals surface area contributed by atoms with Gasteiger partial charge in [0.25, 0.3) is 0 Å². The third-order valence-electron chi connectivity index (χ3n) is 3.29. The van der Waals surface area contributed by atoms with Crippen LogP contribution in [0.25, 0.3) is 0 Å². The van der Waals surface area contributed by atoms with Crippen LogP contribution in [0.3, 0.4) is 0 Å². The zero-order valence-electron chi connectivity index (χ0n) is 7.68. The summed E-state index contributed by atoms with van der Waals surface area (Å²) in [6.07, 6.45) is 7.68. The summed E-state index contributed by atoms with van der Waals surface area (Å²) in [5.74, 6) is 0. The summed E-state index contributed by atoms with van der Waals surface area (Å²) >= 11 is 4.72. The van der Waals surface area contributed by atoms with E-state index in [4.69, 9.17) is 18.0 Å². The van der Waals surface area contributed by atoms with Crippen molar-refractivity contribution in [3.63, 3.8) is 0 Å². The van der Waals surface area contributed by atoms with Gasteiger partial charge in [-0.05, 0) is 44.3 Å². The number of hydrazone groups is 1. The summed E-state index contributed by atoms with van der Waals surface area (Å²) in [5, 5.41) is 4.57. The minimum atomic E-state index is 0.272. The van der Waals surface area contributed by atoms with Gasteiger partial charge in [0, 0.05) is 11.1 Å². The lowest BCUT2D eigenvalue weighted by molar-refractivity contribution is 0.231. The second-order valence-corrected chi connectivity index (χ2v) is 4.46. The molecule has 0 radical (unpaired) electrons. The van der Waals surface area contributed by atoms with Crippen molar-refractivity contribution in [3.8, 4) is 0 Å². The molecule has 72 valence electrons. The summed E-state index contributed by atoms with van der Waals surface area (Å²) in [6, 6.07) is 0. The van der Waals surface area contributed by atoms with E-state index < -0.39 is 0 Å². The highest BCUT2D eigenvalue weighted by molar-refractivity contribution is 7.80. The largest absolute Gasteiger partial charge is 0.375 e. The summed E-state index contributed by atoms with van der Waals surface area (Å²) in [5.41, 5.74) is 9.78. The fourth-order valence-electron chi connectivity index (χ4n) is 2.44. The molecule has 0 unspecified atom stereocenters. The van der Waals surface area contributed by atoms with Gasteiger partial charge in [0.05, 0.1) is 0 Å². The molecule has 13 heavy (non-hydrogen) atoms. The standard InChI is InChI=1S/C9H15N3S/c10-8(13)12-11-7-3-1-4-9(7)5-2-6-9/h1-6H2,(H3,10,12,13)/b11-7-. The van der Waals surface area contributed by atoms with Crippen molar-refractivity contribution in [3.05, 3.63) is 0 Å². The second kappa shape index (κ2) is 3.25. The van der Waals surface area contributed by atoms with Crippen molar-refractivity contribution in [2.24, 2.45) is 16.3 Å². The molecular formula is C9H15N3S. The van der Waals surface area contributed by atoms with E-state index in [-0.39, 0.29) is 5.11 Å². The molecule has 0 amide bonds. The lowest BCUT2D eigenvalue weighted by Crippen LogP contribution is -2.36. The Morgan fingerprint density at radius 3 is 2.62 bits per heavy atom. The molecule has 2 aliphatic carbocycles. The summed E-state index contributed by atoms with van der Waals surface area (Å²) in [6.45, 7) is 0. The number of nitrogens with two attached hydrogens (primary N) is 1. The first-order chi connectivity index (χ1) is 6.23. The monoisotopic (exact) mass is 197 g/mol. The first-order valence-corrected chi connectivity index (χ1v) is 5.26. The minimum absolute atomic E-state index is 0.272. The number of nitrogens with zero attached hydrogens (tertiary/aromatic N) is 1. The van der Waals surface area contributed by atoms with E-state index in [0.717, 1.165) is 6.42 Å². The molecule has 0 bridgehead atoms. The van der Waals surface area contributed by atoms with Crippen LogP contribution in [0, 0.1) is 5.41 Å². The van der Waals surface area contributed by atoms with E-state index in [1.165, 1.54) is 37.8 Å². The van der Waals surface area contributed by atoms with Crippen molar-refractivity contribution in [1.82, 2.24) is 5.43 Å². The van der Waals surface area contributed by atoms with Crippen molar-refractivity contribution < 1.29 is 0 Å². The molecule has 0 aromatic rings. The van der Waals surface area contributed by atoms with E-state index in [0.29, 0.717) is 5.41 Å². The Bertz CT molecular complexity index is 256. The summed E-state index contributed by atoms with van der Waals surface area (Å²) < 4.78 is 0. The molecule has 0 aromatic carbocycles. The highest BCUT2D eigenvalue weighted by Crippen LogP contribution is 2.51. The predicted molar refractivity (Wildman–Crippen MR) is 57.5 cm³/mol. The second-order valence-electron chi connectivity index (χ2n) is 4.02. The maximum absolute atomic E-state index is 5.33. The molecule has 0 atom stereocenters. The lowest BCUT2D eigenvalue weighted by atomic mass is 9.67. The average Bonchev–Trinajstić information content (AvgIpc) is 2.42. The molecule has 2 rings (SSSR count). The summed E-state index contributed by atoms with van der Waals surface area (Å²) in [7, 11) is 0. The van der Waals surface area contributed by atoms with Crippen LogP contribution in [0.2, 0.25) is 0 Å². The Morgan fingerprint density at radius 2 is 2.08 bits per heavy atom. The van der Waals surface area contributed by atoms with Gasteiger partial charge in [0.2, 0.25) is 0 Å². The van der Waals surface area contributed by atoms with Gasteiger partial charge in [0.15, 0.2) is 5.11 Å². The van der Waals surface area contributed by atoms with Crippen LogP contribution in [0.5, 0.6) is 0 Å². The Kier molecular flexibility index (Phi) is 2.24. The van der Waals surface area contributed by atoms with Crippen molar-refractivity contribution in [2.45, 2.75) is 38.5 Å². The van der Waals surface area contributed by atoms with E-state index >= 15 is 0 Å². The van der Waals surface area contributed by atoms with Gasteiger partial charge in [-0.1, -0.05) is 6.42 Å². The van der Waals surface area contributed by atoms with Gasteiger partial charge in [0.1, 0.15) is 0 Å². The average molecular weight is 197 g/mol. The van der Waals surface area contributed by atoms with Crippen LogP contribution in [0.1, 0.15) is 38.5 Å². The molecule has 4 heteroatoms. The van der Waals surface area contributed by atoms with E-state index in [9.17, 15) is 0 Å². The number of hydrogen-bond acceptors (Lipinski definition) is 2.